The summed E-state index contributed by atoms with van der Waals surface area (Å²) in [4.78, 5) is 17.6. The lowest BCUT2D eigenvalue weighted by Crippen LogP contribution is -2.37. The van der Waals surface area contributed by atoms with E-state index in [9.17, 15) is 9.90 Å². The van der Waals surface area contributed by atoms with Crippen LogP contribution in [0.15, 0.2) is 60.8 Å². The van der Waals surface area contributed by atoms with Gasteiger partial charge in [-0.1, -0.05) is 53.5 Å². The number of nitrogens with one attached hydrogen (secondary N) is 1. The second-order valence-corrected chi connectivity index (χ2v) is 9.80. The number of carbonyl (C=O) groups is 1. The van der Waals surface area contributed by atoms with Crippen LogP contribution in [0.1, 0.15) is 41.8 Å². The lowest BCUT2D eigenvalue weighted by molar-refractivity contribution is 0.0930. The molecule has 1 amide bonds. The maximum atomic E-state index is 12.9. The SMILES string of the molecule is Cc1cccn2c(Cl)c(-c3ccc(C[C@@H](CCO)NC(=O)c4ccc(OC(C)C)c(Cl)c4)cc3)nc12. The topological polar surface area (TPSA) is 75.9 Å². The van der Waals surface area contributed by atoms with E-state index in [1.54, 1.807) is 18.2 Å². The van der Waals surface area contributed by atoms with E-state index >= 15 is 0 Å². The molecular formula is C28H29Cl2N3O3. The predicted octanol–water partition coefficient (Wildman–Crippen LogP) is 6.13. The minimum atomic E-state index is -0.255. The fourth-order valence-corrected chi connectivity index (χ4v) is 4.60. The van der Waals surface area contributed by atoms with Crippen molar-refractivity contribution in [1.29, 1.82) is 0 Å². The van der Waals surface area contributed by atoms with Crippen LogP contribution in [0.25, 0.3) is 16.9 Å². The van der Waals surface area contributed by atoms with Gasteiger partial charge < -0.3 is 15.2 Å². The molecule has 0 aliphatic rings. The number of ether oxygens (including phenoxy) is 1. The first-order chi connectivity index (χ1) is 17.3. The van der Waals surface area contributed by atoms with Gasteiger partial charge in [0.05, 0.1) is 11.1 Å². The third-order valence-electron chi connectivity index (χ3n) is 5.87. The van der Waals surface area contributed by atoms with Gasteiger partial charge in [-0.3, -0.25) is 9.20 Å². The van der Waals surface area contributed by atoms with Crippen molar-refractivity contribution in [3.05, 3.63) is 87.7 Å². The molecule has 0 aliphatic carbocycles. The van der Waals surface area contributed by atoms with Crippen LogP contribution in [0, 0.1) is 6.92 Å². The zero-order valence-electron chi connectivity index (χ0n) is 20.5. The van der Waals surface area contributed by atoms with Crippen molar-refractivity contribution in [3.63, 3.8) is 0 Å². The Morgan fingerprint density at radius 1 is 1.14 bits per heavy atom. The fourth-order valence-electron chi connectivity index (χ4n) is 4.08. The summed E-state index contributed by atoms with van der Waals surface area (Å²) < 4.78 is 7.52. The van der Waals surface area contributed by atoms with Gasteiger partial charge in [0, 0.05) is 30.0 Å². The molecule has 2 aromatic carbocycles. The van der Waals surface area contributed by atoms with Gasteiger partial charge in [-0.25, -0.2) is 4.98 Å². The van der Waals surface area contributed by atoms with E-state index in [1.165, 1.54) is 0 Å². The number of aryl methyl sites for hydroxylation is 1. The Kier molecular flexibility index (Phi) is 8.19. The molecule has 2 N–H and O–H groups in total. The second kappa shape index (κ2) is 11.3. The van der Waals surface area contributed by atoms with E-state index in [-0.39, 0.29) is 24.7 Å². The summed E-state index contributed by atoms with van der Waals surface area (Å²) in [5, 5.41) is 13.5. The van der Waals surface area contributed by atoms with Crippen molar-refractivity contribution in [2.75, 3.05) is 6.61 Å². The van der Waals surface area contributed by atoms with Gasteiger partial charge in [-0.05, 0) is 69.0 Å². The summed E-state index contributed by atoms with van der Waals surface area (Å²) in [6.07, 6.45) is 2.87. The molecule has 0 bridgehead atoms. The molecule has 0 saturated carbocycles. The van der Waals surface area contributed by atoms with Crippen molar-refractivity contribution in [2.45, 2.75) is 45.8 Å². The number of amides is 1. The maximum absolute atomic E-state index is 12.9. The smallest absolute Gasteiger partial charge is 0.251 e. The first-order valence-corrected chi connectivity index (χ1v) is 12.6. The molecule has 4 aromatic rings. The van der Waals surface area contributed by atoms with E-state index in [4.69, 9.17) is 32.9 Å². The van der Waals surface area contributed by atoms with Gasteiger partial charge in [0.1, 0.15) is 22.2 Å². The van der Waals surface area contributed by atoms with Crippen molar-refractivity contribution >= 4 is 34.8 Å². The molecule has 4 rings (SSSR count). The number of fused-ring (bicyclic) bond motifs is 1. The highest BCUT2D eigenvalue weighted by Gasteiger charge is 2.17. The lowest BCUT2D eigenvalue weighted by Gasteiger charge is -2.19. The van der Waals surface area contributed by atoms with Gasteiger partial charge >= 0.3 is 0 Å². The minimum absolute atomic E-state index is 0.0182. The Morgan fingerprint density at radius 2 is 1.89 bits per heavy atom. The average Bonchev–Trinajstić information content (AvgIpc) is 3.18. The first kappa shape index (κ1) is 26.0. The summed E-state index contributed by atoms with van der Waals surface area (Å²) in [5.41, 5.74) is 4.97. The number of benzene rings is 2. The highest BCUT2D eigenvalue weighted by Crippen LogP contribution is 2.30. The Hall–Kier alpha value is -3.06. The standard InChI is InChI=1S/C28H29Cl2N3O3/c1-17(2)36-24-11-10-21(16-23(24)29)28(35)31-22(12-14-34)15-19-6-8-20(9-7-19)25-26(30)33-13-4-5-18(3)27(33)32-25/h4-11,13,16-17,22,34H,12,14-15H2,1-3H3,(H,31,35)/t22-/m1/s1. The molecule has 188 valence electrons. The fraction of sp³-hybridized carbons (Fsp3) is 0.286. The molecule has 2 aromatic heterocycles. The second-order valence-electron chi connectivity index (χ2n) is 9.03. The third kappa shape index (κ3) is 5.84. The Morgan fingerprint density at radius 3 is 2.53 bits per heavy atom. The number of pyridine rings is 1. The van der Waals surface area contributed by atoms with Gasteiger partial charge in [0.15, 0.2) is 0 Å². The van der Waals surface area contributed by atoms with Crippen molar-refractivity contribution in [3.8, 4) is 17.0 Å². The summed E-state index contributed by atoms with van der Waals surface area (Å²) in [5.74, 6) is 0.283. The number of hydrogen-bond donors (Lipinski definition) is 2. The van der Waals surface area contributed by atoms with Gasteiger partial charge in [-0.15, -0.1) is 0 Å². The summed E-state index contributed by atoms with van der Waals surface area (Å²) in [6, 6.07) is 16.6. The van der Waals surface area contributed by atoms with Crippen molar-refractivity contribution in [2.24, 2.45) is 0 Å². The zero-order valence-corrected chi connectivity index (χ0v) is 22.0. The van der Waals surface area contributed by atoms with Crippen LogP contribution in [0.2, 0.25) is 10.2 Å². The molecule has 0 radical (unpaired) electrons. The molecule has 0 aliphatic heterocycles. The van der Waals surface area contributed by atoms with Crippen LogP contribution < -0.4 is 10.1 Å². The number of aliphatic hydroxyl groups excluding tert-OH is 1. The third-order valence-corrected chi connectivity index (χ3v) is 6.52. The molecule has 1 atom stereocenters. The first-order valence-electron chi connectivity index (χ1n) is 11.9. The quantitative estimate of drug-likeness (QED) is 0.275. The molecular weight excluding hydrogens is 497 g/mol. The molecule has 2 heterocycles. The van der Waals surface area contributed by atoms with Crippen molar-refractivity contribution < 1.29 is 14.6 Å². The highest BCUT2D eigenvalue weighted by molar-refractivity contribution is 6.32. The number of aromatic nitrogens is 2. The number of rotatable bonds is 9. The Labute approximate surface area is 220 Å². The summed E-state index contributed by atoms with van der Waals surface area (Å²) in [7, 11) is 0. The number of imidazole rings is 1. The number of nitrogens with zero attached hydrogens (tertiary/aromatic N) is 2. The van der Waals surface area contributed by atoms with E-state index in [0.717, 1.165) is 28.0 Å². The number of carbonyl (C=O) groups excluding carboxylic acids is 1. The normalized spacial score (nSPS) is 12.2. The molecule has 36 heavy (non-hydrogen) atoms. The lowest BCUT2D eigenvalue weighted by atomic mass is 10.0. The molecule has 0 fully saturated rings. The van der Waals surface area contributed by atoms with Crippen LogP contribution in [0.3, 0.4) is 0 Å². The largest absolute Gasteiger partial charge is 0.489 e. The molecule has 0 unspecified atom stereocenters. The number of aliphatic hydroxyl groups is 1. The molecule has 0 saturated heterocycles. The summed E-state index contributed by atoms with van der Waals surface area (Å²) >= 11 is 12.9. The summed E-state index contributed by atoms with van der Waals surface area (Å²) in [6.45, 7) is 5.79. The highest BCUT2D eigenvalue weighted by atomic mass is 35.5. The van der Waals surface area contributed by atoms with E-state index in [1.807, 2.05) is 67.8 Å². The van der Waals surface area contributed by atoms with Gasteiger partial charge in [0.2, 0.25) is 0 Å². The molecule has 6 nitrogen and oxygen atoms in total. The number of halogens is 2. The zero-order chi connectivity index (χ0) is 25.8. The van der Waals surface area contributed by atoms with E-state index in [2.05, 4.69) is 5.32 Å². The predicted molar refractivity (Wildman–Crippen MR) is 144 cm³/mol. The van der Waals surface area contributed by atoms with Crippen molar-refractivity contribution in [1.82, 2.24) is 14.7 Å². The Balaban J connectivity index is 1.47. The van der Waals surface area contributed by atoms with E-state index in [0.29, 0.717) is 34.3 Å². The van der Waals surface area contributed by atoms with Crippen LogP contribution >= 0.6 is 23.2 Å². The van der Waals surface area contributed by atoms with Crippen LogP contribution in [0.4, 0.5) is 0 Å². The molecule has 0 spiro atoms. The maximum Gasteiger partial charge on any atom is 0.251 e. The molecule has 8 heteroatoms. The number of hydrogen-bond acceptors (Lipinski definition) is 4. The van der Waals surface area contributed by atoms with Gasteiger partial charge in [0.25, 0.3) is 5.91 Å². The van der Waals surface area contributed by atoms with E-state index < -0.39 is 0 Å². The Bertz CT molecular complexity index is 1370. The average molecular weight is 526 g/mol. The van der Waals surface area contributed by atoms with Crippen LogP contribution in [-0.2, 0) is 6.42 Å². The van der Waals surface area contributed by atoms with Gasteiger partial charge in [-0.2, -0.15) is 0 Å². The minimum Gasteiger partial charge on any atom is -0.489 e. The van der Waals surface area contributed by atoms with Crippen LogP contribution in [0.5, 0.6) is 5.75 Å². The van der Waals surface area contributed by atoms with Crippen LogP contribution in [-0.4, -0.2) is 39.2 Å². The monoisotopic (exact) mass is 525 g/mol.